The van der Waals surface area contributed by atoms with Gasteiger partial charge < -0.3 is 20.3 Å². The smallest absolute Gasteiger partial charge is 0.191 e. The first-order chi connectivity index (χ1) is 13.2. The molecule has 2 heterocycles. The van der Waals surface area contributed by atoms with Crippen LogP contribution in [-0.4, -0.2) is 44.7 Å². The molecule has 0 radical (unpaired) electrons. The maximum Gasteiger partial charge on any atom is 0.191 e. The van der Waals surface area contributed by atoms with Crippen LogP contribution >= 0.6 is 11.3 Å². The van der Waals surface area contributed by atoms with E-state index in [0.29, 0.717) is 6.54 Å². The summed E-state index contributed by atoms with van der Waals surface area (Å²) in [5, 5.41) is 10.0. The number of benzene rings is 1. The first-order valence-electron chi connectivity index (χ1n) is 9.47. The molecule has 1 saturated heterocycles. The Balaban J connectivity index is 1.45. The fourth-order valence-electron chi connectivity index (χ4n) is 3.17. The summed E-state index contributed by atoms with van der Waals surface area (Å²) in [5.41, 5.74) is 3.44. The van der Waals surface area contributed by atoms with Crippen LogP contribution < -0.4 is 20.3 Å². The summed E-state index contributed by atoms with van der Waals surface area (Å²) in [6, 6.07) is 6.23. The second-order valence-corrected chi connectivity index (χ2v) is 7.57. The molecule has 0 aliphatic carbocycles. The standard InChI is InChI=1S/C20H29N5OS/c1-15-6-7-16(18(12-15)26-3)13-23-19(21-2)22-9-8-17-14-27-20(24-17)25-10-4-5-11-25/h6-7,12,14H,4-5,8-11,13H2,1-3H3,(H2,21,22,23). The second kappa shape index (κ2) is 9.60. The number of nitrogens with zero attached hydrogens (tertiary/aromatic N) is 3. The van der Waals surface area contributed by atoms with E-state index in [0.717, 1.165) is 54.2 Å². The van der Waals surface area contributed by atoms with Crippen molar-refractivity contribution >= 4 is 22.4 Å². The molecule has 1 fully saturated rings. The fourth-order valence-corrected chi connectivity index (χ4v) is 4.08. The second-order valence-electron chi connectivity index (χ2n) is 6.73. The Bertz CT molecular complexity index is 767. The van der Waals surface area contributed by atoms with E-state index in [2.05, 4.69) is 45.0 Å². The largest absolute Gasteiger partial charge is 0.496 e. The summed E-state index contributed by atoms with van der Waals surface area (Å²) >= 11 is 1.75. The third kappa shape index (κ3) is 5.35. The zero-order valence-corrected chi connectivity index (χ0v) is 17.2. The Morgan fingerprint density at radius 1 is 1.30 bits per heavy atom. The minimum atomic E-state index is 0.666. The van der Waals surface area contributed by atoms with Crippen LogP contribution in [0.5, 0.6) is 5.75 Å². The van der Waals surface area contributed by atoms with Crippen molar-refractivity contribution in [2.45, 2.75) is 32.7 Å². The molecule has 27 heavy (non-hydrogen) atoms. The molecule has 1 aromatic carbocycles. The zero-order chi connectivity index (χ0) is 19.1. The third-order valence-corrected chi connectivity index (χ3v) is 5.65. The Labute approximate surface area is 165 Å². The van der Waals surface area contributed by atoms with Crippen LogP contribution in [0.1, 0.15) is 29.7 Å². The normalized spacial score (nSPS) is 14.5. The first kappa shape index (κ1) is 19.5. The van der Waals surface area contributed by atoms with Crippen molar-refractivity contribution in [3.63, 3.8) is 0 Å². The number of nitrogens with one attached hydrogen (secondary N) is 2. The molecular formula is C20H29N5OS. The topological polar surface area (TPSA) is 61.8 Å². The Hall–Kier alpha value is -2.28. The van der Waals surface area contributed by atoms with Crippen LogP contribution in [0.15, 0.2) is 28.6 Å². The predicted molar refractivity (Wildman–Crippen MR) is 113 cm³/mol. The summed E-state index contributed by atoms with van der Waals surface area (Å²) in [6.07, 6.45) is 3.45. The van der Waals surface area contributed by atoms with E-state index in [1.165, 1.54) is 18.4 Å². The van der Waals surface area contributed by atoms with Crippen molar-refractivity contribution < 1.29 is 4.74 Å². The van der Waals surface area contributed by atoms with Gasteiger partial charge in [0.15, 0.2) is 11.1 Å². The molecule has 0 unspecified atom stereocenters. The molecule has 2 N–H and O–H groups in total. The highest BCUT2D eigenvalue weighted by Crippen LogP contribution is 2.24. The van der Waals surface area contributed by atoms with Crippen molar-refractivity contribution in [3.05, 3.63) is 40.4 Å². The molecule has 1 aliphatic rings. The summed E-state index contributed by atoms with van der Waals surface area (Å²) in [7, 11) is 3.49. The molecule has 2 aromatic rings. The molecular weight excluding hydrogens is 358 g/mol. The average Bonchev–Trinajstić information content (AvgIpc) is 3.36. The molecule has 0 bridgehead atoms. The number of aryl methyl sites for hydroxylation is 1. The lowest BCUT2D eigenvalue weighted by molar-refractivity contribution is 0.408. The van der Waals surface area contributed by atoms with Crippen molar-refractivity contribution in [1.82, 2.24) is 15.6 Å². The lowest BCUT2D eigenvalue weighted by Crippen LogP contribution is -2.38. The lowest BCUT2D eigenvalue weighted by atomic mass is 10.1. The molecule has 1 aliphatic heterocycles. The summed E-state index contributed by atoms with van der Waals surface area (Å²) in [4.78, 5) is 11.5. The molecule has 3 rings (SSSR count). The summed E-state index contributed by atoms with van der Waals surface area (Å²) in [5.74, 6) is 1.68. The molecule has 6 nitrogen and oxygen atoms in total. The quantitative estimate of drug-likeness (QED) is 0.565. The highest BCUT2D eigenvalue weighted by atomic mass is 32.1. The molecule has 0 saturated carbocycles. The predicted octanol–water partition coefficient (Wildman–Crippen LogP) is 2.97. The Morgan fingerprint density at radius 3 is 2.85 bits per heavy atom. The summed E-state index contributed by atoms with van der Waals surface area (Å²) < 4.78 is 5.46. The van der Waals surface area contributed by atoms with Gasteiger partial charge in [-0.3, -0.25) is 4.99 Å². The monoisotopic (exact) mass is 387 g/mol. The van der Waals surface area contributed by atoms with Crippen molar-refractivity contribution in [3.8, 4) is 5.75 Å². The average molecular weight is 388 g/mol. The zero-order valence-electron chi connectivity index (χ0n) is 16.4. The molecule has 0 atom stereocenters. The van der Waals surface area contributed by atoms with E-state index in [-0.39, 0.29) is 0 Å². The van der Waals surface area contributed by atoms with Gasteiger partial charge in [0.1, 0.15) is 5.75 Å². The van der Waals surface area contributed by atoms with Crippen LogP contribution in [-0.2, 0) is 13.0 Å². The fraction of sp³-hybridized carbons (Fsp3) is 0.500. The van der Waals surface area contributed by atoms with Crippen molar-refractivity contribution in [1.29, 1.82) is 0 Å². The van der Waals surface area contributed by atoms with E-state index in [1.807, 2.05) is 6.07 Å². The van der Waals surface area contributed by atoms with E-state index >= 15 is 0 Å². The van der Waals surface area contributed by atoms with Gasteiger partial charge >= 0.3 is 0 Å². The van der Waals surface area contributed by atoms with Crippen molar-refractivity contribution in [2.75, 3.05) is 38.7 Å². The number of aliphatic imine (C=N–C) groups is 1. The van der Waals surface area contributed by atoms with Crippen LogP contribution in [0, 0.1) is 6.92 Å². The Morgan fingerprint density at radius 2 is 2.11 bits per heavy atom. The highest BCUT2D eigenvalue weighted by molar-refractivity contribution is 7.13. The van der Waals surface area contributed by atoms with Gasteiger partial charge in [-0.05, 0) is 31.4 Å². The van der Waals surface area contributed by atoms with Gasteiger partial charge in [0.25, 0.3) is 0 Å². The molecule has 0 spiro atoms. The van der Waals surface area contributed by atoms with Gasteiger partial charge in [-0.2, -0.15) is 0 Å². The molecule has 0 amide bonds. The summed E-state index contributed by atoms with van der Waals surface area (Å²) in [6.45, 7) is 5.81. The third-order valence-electron chi connectivity index (χ3n) is 4.70. The number of methoxy groups -OCH3 is 1. The van der Waals surface area contributed by atoms with Crippen LogP contribution in [0.4, 0.5) is 5.13 Å². The number of anilines is 1. The minimum absolute atomic E-state index is 0.666. The maximum atomic E-state index is 5.46. The number of guanidine groups is 1. The van der Waals surface area contributed by atoms with Gasteiger partial charge in [-0.1, -0.05) is 12.1 Å². The number of hydrogen-bond acceptors (Lipinski definition) is 5. The first-order valence-corrected chi connectivity index (χ1v) is 10.3. The van der Waals surface area contributed by atoms with E-state index < -0.39 is 0 Å². The van der Waals surface area contributed by atoms with Crippen molar-refractivity contribution in [2.24, 2.45) is 4.99 Å². The SMILES string of the molecule is CN=C(NCCc1csc(N2CCCC2)n1)NCc1ccc(C)cc1OC. The molecule has 7 heteroatoms. The van der Waals surface area contributed by atoms with E-state index in [1.54, 1.807) is 25.5 Å². The van der Waals surface area contributed by atoms with Gasteiger partial charge in [0.05, 0.1) is 12.8 Å². The van der Waals surface area contributed by atoms with E-state index in [9.17, 15) is 0 Å². The Kier molecular flexibility index (Phi) is 6.92. The number of hydrogen-bond donors (Lipinski definition) is 2. The number of rotatable bonds is 7. The lowest BCUT2D eigenvalue weighted by Gasteiger charge is -2.14. The number of aromatic nitrogens is 1. The maximum absolute atomic E-state index is 5.46. The van der Waals surface area contributed by atoms with Gasteiger partial charge in [-0.25, -0.2) is 4.98 Å². The minimum Gasteiger partial charge on any atom is -0.496 e. The highest BCUT2D eigenvalue weighted by Gasteiger charge is 2.15. The number of ether oxygens (including phenoxy) is 1. The molecule has 1 aromatic heterocycles. The van der Waals surface area contributed by atoms with Gasteiger partial charge in [0.2, 0.25) is 0 Å². The van der Waals surface area contributed by atoms with Crippen LogP contribution in [0.2, 0.25) is 0 Å². The van der Waals surface area contributed by atoms with Gasteiger partial charge in [-0.15, -0.1) is 11.3 Å². The van der Waals surface area contributed by atoms with Gasteiger partial charge in [0, 0.05) is 50.6 Å². The van der Waals surface area contributed by atoms with Crippen LogP contribution in [0.3, 0.4) is 0 Å². The van der Waals surface area contributed by atoms with E-state index in [4.69, 9.17) is 9.72 Å². The number of thiazole rings is 1. The molecule has 146 valence electrons. The van der Waals surface area contributed by atoms with Crippen LogP contribution in [0.25, 0.3) is 0 Å².